The number of hydrogen-bond acceptors (Lipinski definition) is 6. The highest BCUT2D eigenvalue weighted by Gasteiger charge is 2.15. The third kappa shape index (κ3) is 6.47. The van der Waals surface area contributed by atoms with Gasteiger partial charge >= 0.3 is 0 Å². The number of nitrogens with zero attached hydrogens (tertiary/aromatic N) is 4. The van der Waals surface area contributed by atoms with E-state index >= 15 is 0 Å². The fourth-order valence-electron chi connectivity index (χ4n) is 5.90. The number of hydroxylamine groups is 2. The van der Waals surface area contributed by atoms with E-state index in [-0.39, 0.29) is 0 Å². The molecule has 5 heterocycles. The van der Waals surface area contributed by atoms with E-state index in [1.54, 1.807) is 5.06 Å². The van der Waals surface area contributed by atoms with Crippen LogP contribution in [0.5, 0.6) is 11.5 Å². The summed E-state index contributed by atoms with van der Waals surface area (Å²) in [5, 5.41) is 1.69. The topological polar surface area (TPSA) is 82.3 Å². The number of aromatic amines is 2. The van der Waals surface area contributed by atoms with Crippen LogP contribution in [0.25, 0.3) is 68.6 Å². The monoisotopic (exact) mass is 622 g/mol. The molecule has 8 nitrogen and oxygen atoms in total. The van der Waals surface area contributed by atoms with Gasteiger partial charge in [0, 0.05) is 53.8 Å². The minimum Gasteiger partial charge on any atom is -0.492 e. The average molecular weight is 623 g/mol. The lowest BCUT2D eigenvalue weighted by Gasteiger charge is -2.13. The normalized spacial score (nSPS) is 12.3. The molecule has 0 aliphatic carbocycles. The largest absolute Gasteiger partial charge is 0.492 e. The van der Waals surface area contributed by atoms with Gasteiger partial charge in [-0.05, 0) is 117 Å². The van der Waals surface area contributed by atoms with Crippen LogP contribution in [0.1, 0.15) is 28.3 Å². The van der Waals surface area contributed by atoms with Gasteiger partial charge in [-0.3, -0.25) is 0 Å². The molecular formula is C39H38N6O2. The zero-order valence-corrected chi connectivity index (χ0v) is 27.3. The van der Waals surface area contributed by atoms with Crippen LogP contribution in [0.15, 0.2) is 78.9 Å². The maximum absolute atomic E-state index is 6.11. The molecule has 2 N–H and O–H groups in total. The highest BCUT2D eigenvalue weighted by molar-refractivity contribution is 5.94. The predicted octanol–water partition coefficient (Wildman–Crippen LogP) is 8.09. The Kier molecular flexibility index (Phi) is 8.20. The molecule has 0 unspecified atom stereocenters. The van der Waals surface area contributed by atoms with Crippen molar-refractivity contribution in [3.05, 3.63) is 107 Å². The van der Waals surface area contributed by atoms with E-state index in [1.807, 2.05) is 58.5 Å². The fourth-order valence-corrected chi connectivity index (χ4v) is 5.90. The van der Waals surface area contributed by atoms with Crippen LogP contribution < -0.4 is 9.57 Å². The van der Waals surface area contributed by atoms with Crippen molar-refractivity contribution < 1.29 is 9.57 Å². The lowest BCUT2D eigenvalue weighted by molar-refractivity contribution is -0.00319. The summed E-state index contributed by atoms with van der Waals surface area (Å²) in [7, 11) is 7.84. The van der Waals surface area contributed by atoms with Gasteiger partial charge in [0.05, 0.1) is 22.8 Å². The Balaban J connectivity index is 1.45. The van der Waals surface area contributed by atoms with Crippen molar-refractivity contribution in [1.82, 2.24) is 29.9 Å². The summed E-state index contributed by atoms with van der Waals surface area (Å²) in [5.74, 6) is 1.58. The molecule has 236 valence electrons. The molecule has 0 spiro atoms. The highest BCUT2D eigenvalue weighted by Crippen LogP contribution is 2.35. The molecule has 0 atom stereocenters. The average Bonchev–Trinajstić information content (AvgIpc) is 3.87. The Morgan fingerprint density at radius 1 is 0.638 bits per heavy atom. The van der Waals surface area contributed by atoms with E-state index in [0.29, 0.717) is 6.61 Å². The molecule has 47 heavy (non-hydrogen) atoms. The number of benzene rings is 2. The van der Waals surface area contributed by atoms with Gasteiger partial charge in [0.1, 0.15) is 18.1 Å². The van der Waals surface area contributed by atoms with Gasteiger partial charge < -0.3 is 24.4 Å². The van der Waals surface area contributed by atoms with E-state index in [9.17, 15) is 0 Å². The van der Waals surface area contributed by atoms with Crippen molar-refractivity contribution in [2.45, 2.75) is 6.92 Å². The smallest absolute Gasteiger partial charge is 0.148 e. The number of aromatic nitrogens is 4. The number of ether oxygens (including phenoxy) is 1. The Morgan fingerprint density at radius 3 is 2.04 bits per heavy atom. The summed E-state index contributed by atoms with van der Waals surface area (Å²) in [6, 6.07) is 26.8. The number of fused-ring (bicyclic) bond motifs is 8. The molecule has 8 bridgehead atoms. The van der Waals surface area contributed by atoms with Gasteiger partial charge in [0.15, 0.2) is 0 Å². The van der Waals surface area contributed by atoms with Crippen LogP contribution >= 0.6 is 0 Å². The zero-order valence-electron chi connectivity index (χ0n) is 27.3. The van der Waals surface area contributed by atoms with Gasteiger partial charge in [-0.1, -0.05) is 24.3 Å². The van der Waals surface area contributed by atoms with Crippen molar-refractivity contribution in [3.63, 3.8) is 0 Å². The Labute approximate surface area is 274 Å². The summed E-state index contributed by atoms with van der Waals surface area (Å²) >= 11 is 0. The first-order chi connectivity index (χ1) is 22.8. The van der Waals surface area contributed by atoms with Crippen LogP contribution in [0, 0.1) is 6.92 Å². The van der Waals surface area contributed by atoms with Gasteiger partial charge in [-0.2, -0.15) is 5.06 Å². The first kappa shape index (κ1) is 30.2. The van der Waals surface area contributed by atoms with E-state index < -0.39 is 0 Å². The molecule has 2 aromatic carbocycles. The fraction of sp³-hybridized carbons (Fsp3) is 0.179. The Morgan fingerprint density at radius 2 is 1.28 bits per heavy atom. The molecule has 7 rings (SSSR count). The lowest BCUT2D eigenvalue weighted by atomic mass is 10.0. The molecule has 2 aliphatic heterocycles. The quantitative estimate of drug-likeness (QED) is 0.167. The minimum absolute atomic E-state index is 0.613. The van der Waals surface area contributed by atoms with Crippen molar-refractivity contribution in [1.29, 1.82) is 0 Å². The summed E-state index contributed by atoms with van der Waals surface area (Å²) in [5.41, 5.74) is 12.5. The molecule has 8 heteroatoms. The van der Waals surface area contributed by atoms with Gasteiger partial charge in [0.2, 0.25) is 0 Å². The van der Waals surface area contributed by atoms with Crippen molar-refractivity contribution >= 4 is 46.4 Å². The van der Waals surface area contributed by atoms with E-state index in [2.05, 4.69) is 94.6 Å². The second-order valence-corrected chi connectivity index (χ2v) is 12.2. The highest BCUT2D eigenvalue weighted by atomic mass is 16.7. The van der Waals surface area contributed by atoms with Crippen LogP contribution in [0.4, 0.5) is 0 Å². The molecule has 2 aliphatic rings. The number of nitrogens with one attached hydrogen (secondary N) is 2. The third-order valence-corrected chi connectivity index (χ3v) is 8.18. The van der Waals surface area contributed by atoms with E-state index in [4.69, 9.17) is 19.5 Å². The number of likely N-dealkylation sites (N-methyl/N-ethyl adjacent to an activating group) is 1. The maximum atomic E-state index is 6.11. The van der Waals surface area contributed by atoms with E-state index in [1.165, 1.54) is 0 Å². The SMILES string of the molecule is Cc1c2nc(c(-c3cccc(OCCN(C)C)c3)c3ccc(cc4nc(c(-c5cccc(ON(C)C)c5)c5ccc1[nH]5)C=C4)[nH]3)C=C2. The maximum Gasteiger partial charge on any atom is 0.148 e. The standard InChI is InChI=1S/C39H38N6O2/c1-25-32-16-18-36(42-32)38(26-8-6-10-30(22-26)46-21-20-44(2)3)34-14-12-28(40-34)24-29-13-15-35(41-29)39(37-19-17-33(25)43-37)27-9-7-11-31(23-27)47-45(4)5/h6-19,22-24,40,43H,20-21H2,1-5H3. The van der Waals surface area contributed by atoms with Crippen LogP contribution in [-0.2, 0) is 0 Å². The van der Waals surface area contributed by atoms with Gasteiger partial charge in [-0.25, -0.2) is 9.97 Å². The van der Waals surface area contributed by atoms with Crippen LogP contribution in [0.3, 0.4) is 0 Å². The molecular weight excluding hydrogens is 584 g/mol. The Hall–Kier alpha value is -5.44. The summed E-state index contributed by atoms with van der Waals surface area (Å²) < 4.78 is 6.11. The third-order valence-electron chi connectivity index (χ3n) is 8.18. The molecule has 0 saturated heterocycles. The zero-order chi connectivity index (χ0) is 32.5. The first-order valence-electron chi connectivity index (χ1n) is 15.7. The van der Waals surface area contributed by atoms with Crippen molar-refractivity contribution in [2.24, 2.45) is 0 Å². The number of rotatable bonds is 8. The summed E-state index contributed by atoms with van der Waals surface area (Å²) in [6.07, 6.45) is 8.31. The van der Waals surface area contributed by atoms with E-state index in [0.717, 1.165) is 90.7 Å². The van der Waals surface area contributed by atoms with Crippen LogP contribution in [-0.4, -0.2) is 71.2 Å². The Bertz CT molecular complexity index is 2190. The molecule has 3 aromatic heterocycles. The van der Waals surface area contributed by atoms with Gasteiger partial charge in [-0.15, -0.1) is 0 Å². The van der Waals surface area contributed by atoms with Crippen molar-refractivity contribution in [3.8, 4) is 33.8 Å². The number of H-pyrrole nitrogens is 2. The molecule has 5 aromatic rings. The lowest BCUT2D eigenvalue weighted by Crippen LogP contribution is -2.19. The molecule has 0 fully saturated rings. The molecule has 0 radical (unpaired) electrons. The van der Waals surface area contributed by atoms with Crippen molar-refractivity contribution in [2.75, 3.05) is 41.3 Å². The first-order valence-corrected chi connectivity index (χ1v) is 15.7. The van der Waals surface area contributed by atoms with Crippen LogP contribution in [0.2, 0.25) is 0 Å². The minimum atomic E-state index is 0.613. The second-order valence-electron chi connectivity index (χ2n) is 12.2. The van der Waals surface area contributed by atoms with Gasteiger partial charge in [0.25, 0.3) is 0 Å². The molecule has 0 amide bonds. The second kappa shape index (κ2) is 12.7. The molecule has 0 saturated carbocycles. The number of hydrogen-bond donors (Lipinski definition) is 2. The summed E-state index contributed by atoms with van der Waals surface area (Å²) in [6.45, 7) is 3.56. The summed E-state index contributed by atoms with van der Waals surface area (Å²) in [4.78, 5) is 25.6. The number of aryl methyl sites for hydroxylation is 1. The predicted molar refractivity (Wildman–Crippen MR) is 193 cm³/mol.